The Kier molecular flexibility index (Phi) is 12.4. The summed E-state index contributed by atoms with van der Waals surface area (Å²) in [5, 5.41) is 64.2. The van der Waals surface area contributed by atoms with Crippen LogP contribution < -0.4 is 0 Å². The summed E-state index contributed by atoms with van der Waals surface area (Å²) >= 11 is 0. The van der Waals surface area contributed by atoms with Crippen LogP contribution in [0, 0.1) is 11.8 Å². The molecule has 2 bridgehead atoms. The molecule has 15 nitrogen and oxygen atoms in total. The molecule has 0 aliphatic carbocycles. The lowest BCUT2D eigenvalue weighted by Crippen LogP contribution is -2.78. The van der Waals surface area contributed by atoms with E-state index >= 15 is 0 Å². The van der Waals surface area contributed by atoms with E-state index < -0.39 is 83.3 Å². The Labute approximate surface area is 289 Å². The number of esters is 2. The number of aliphatic hydroxyl groups is 3. The van der Waals surface area contributed by atoms with Crippen LogP contribution in [0.4, 0.5) is 0 Å². The first-order valence-corrected chi connectivity index (χ1v) is 16.2. The number of fused-ring (bicyclic) bond motifs is 2. The van der Waals surface area contributed by atoms with E-state index in [4.69, 9.17) is 18.9 Å². The van der Waals surface area contributed by atoms with E-state index in [0.717, 1.165) is 17.7 Å². The topological polar surface area (TPSA) is 244 Å². The quantitative estimate of drug-likeness (QED) is 0.0771. The fourth-order valence-corrected chi connectivity index (χ4v) is 6.63. The van der Waals surface area contributed by atoms with E-state index in [0.29, 0.717) is 12.8 Å². The number of carboxylic acids is 3. The molecule has 0 saturated carbocycles. The Morgan fingerprint density at radius 2 is 1.70 bits per heavy atom. The lowest BCUT2D eigenvalue weighted by molar-refractivity contribution is -0.374. The average molecular weight is 707 g/mol. The standard InChI is InChI=1S/C35H46O15/c1-7-19(2)18-32(6,45)15-14-24(37)48-27-26(38)33(49-28(29(39)40)34(46,30(41)42)35(27,50-33)31(43)44)16-13-20(3)25(47-22(5)36)21(4)17-23-11-9-8-10-12-23/h8-12,14-15,19,21,25-28,38,45-46H,3,7,13,16-18H2,1-2,4-6H3,(H,39,40)(H,41,42)(H,43,44)/b15-14+/t19-,21+,25+,26+,27+,28+,32+,33-,34+,35-/m0/s1. The third-order valence-corrected chi connectivity index (χ3v) is 9.29. The Morgan fingerprint density at radius 1 is 1.08 bits per heavy atom. The van der Waals surface area contributed by atoms with E-state index in [2.05, 4.69) is 6.58 Å². The summed E-state index contributed by atoms with van der Waals surface area (Å²) in [6.45, 7) is 12.1. The smallest absolute Gasteiger partial charge is 0.344 e. The molecule has 276 valence electrons. The zero-order valence-electron chi connectivity index (χ0n) is 28.6. The molecule has 3 rings (SSSR count). The van der Waals surface area contributed by atoms with E-state index in [1.165, 1.54) is 13.8 Å². The highest BCUT2D eigenvalue weighted by molar-refractivity contribution is 5.98. The first-order valence-electron chi connectivity index (χ1n) is 16.2. The molecule has 2 fully saturated rings. The Hall–Kier alpha value is -4.15. The number of hydrogen-bond donors (Lipinski definition) is 6. The number of aliphatic carboxylic acids is 3. The summed E-state index contributed by atoms with van der Waals surface area (Å²) in [5.41, 5.74) is -7.98. The van der Waals surface area contributed by atoms with Gasteiger partial charge in [0.25, 0.3) is 0 Å². The Bertz CT molecular complexity index is 1490. The molecular formula is C35H46O15. The van der Waals surface area contributed by atoms with Gasteiger partial charge in [-0.1, -0.05) is 64.1 Å². The van der Waals surface area contributed by atoms with Crippen molar-refractivity contribution < 1.29 is 73.6 Å². The van der Waals surface area contributed by atoms with Gasteiger partial charge in [0, 0.05) is 25.3 Å². The molecule has 2 aliphatic heterocycles. The molecule has 50 heavy (non-hydrogen) atoms. The molecule has 0 unspecified atom stereocenters. The molecule has 10 atom stereocenters. The molecule has 15 heteroatoms. The minimum Gasteiger partial charge on any atom is -0.479 e. The second-order valence-corrected chi connectivity index (χ2v) is 13.4. The predicted molar refractivity (Wildman–Crippen MR) is 172 cm³/mol. The second kappa shape index (κ2) is 15.4. The van der Waals surface area contributed by atoms with Crippen molar-refractivity contribution in [3.05, 3.63) is 60.2 Å². The SMILES string of the molecule is C=C(CC[C@]12O[C@H](C(=O)O)[C@@](O)(C(=O)O)[C@](C(=O)O)(O1)[C@H](OC(=O)/C=C/[C@@](C)(O)C[C@@H](C)CC)[C@H]2O)[C@@H](OC(C)=O)[C@H](C)Cc1ccccc1. The first-order chi connectivity index (χ1) is 23.2. The number of carbonyl (C=O) groups is 5. The number of carboxylic acid groups (broad SMARTS) is 3. The molecule has 0 amide bonds. The molecule has 0 aromatic heterocycles. The molecule has 2 aliphatic rings. The van der Waals surface area contributed by atoms with Crippen molar-refractivity contribution in [2.75, 3.05) is 0 Å². The van der Waals surface area contributed by atoms with Crippen molar-refractivity contribution in [1.82, 2.24) is 0 Å². The monoisotopic (exact) mass is 706 g/mol. The predicted octanol–water partition coefficient (Wildman–Crippen LogP) is 2.00. The average Bonchev–Trinajstić information content (AvgIpc) is 3.25. The van der Waals surface area contributed by atoms with Gasteiger partial charge in [-0.15, -0.1) is 0 Å². The van der Waals surface area contributed by atoms with Crippen molar-refractivity contribution >= 4 is 29.8 Å². The van der Waals surface area contributed by atoms with E-state index in [9.17, 15) is 54.6 Å². The van der Waals surface area contributed by atoms with Gasteiger partial charge in [-0.2, -0.15) is 0 Å². The third-order valence-electron chi connectivity index (χ3n) is 9.29. The van der Waals surface area contributed by atoms with Crippen LogP contribution in [0.3, 0.4) is 0 Å². The number of carbonyl (C=O) groups excluding carboxylic acids is 2. The molecule has 0 spiro atoms. The van der Waals surface area contributed by atoms with Crippen molar-refractivity contribution in [3.8, 4) is 0 Å². The number of hydrogen-bond acceptors (Lipinski definition) is 12. The maximum atomic E-state index is 13.1. The fraction of sp³-hybridized carbons (Fsp3) is 0.571. The molecular weight excluding hydrogens is 660 g/mol. The van der Waals surface area contributed by atoms with Crippen molar-refractivity contribution in [2.45, 2.75) is 114 Å². The summed E-state index contributed by atoms with van der Waals surface area (Å²) < 4.78 is 21.9. The zero-order chi connectivity index (χ0) is 37.8. The van der Waals surface area contributed by atoms with Crippen LogP contribution in [0.15, 0.2) is 54.6 Å². The van der Waals surface area contributed by atoms with Gasteiger partial charge < -0.3 is 49.6 Å². The Balaban J connectivity index is 2.03. The molecule has 2 saturated heterocycles. The largest absolute Gasteiger partial charge is 0.479 e. The highest BCUT2D eigenvalue weighted by Crippen LogP contribution is 2.56. The summed E-state index contributed by atoms with van der Waals surface area (Å²) in [5.74, 6) is -11.9. The lowest BCUT2D eigenvalue weighted by atomic mass is 9.74. The first kappa shape index (κ1) is 40.3. The molecule has 6 N–H and O–H groups in total. The highest BCUT2D eigenvalue weighted by atomic mass is 16.8. The summed E-state index contributed by atoms with van der Waals surface area (Å²) in [7, 11) is 0. The van der Waals surface area contributed by atoms with Gasteiger partial charge in [0.15, 0.2) is 6.10 Å². The molecule has 0 radical (unpaired) electrons. The van der Waals surface area contributed by atoms with E-state index in [1.807, 2.05) is 44.2 Å². The molecule has 1 aromatic rings. The molecule has 1 aromatic carbocycles. The molecule has 2 heterocycles. The van der Waals surface area contributed by atoms with Crippen LogP contribution in [-0.4, -0.2) is 107 Å². The Morgan fingerprint density at radius 3 is 2.22 bits per heavy atom. The van der Waals surface area contributed by atoms with Crippen LogP contribution in [0.25, 0.3) is 0 Å². The maximum absolute atomic E-state index is 13.1. The van der Waals surface area contributed by atoms with Gasteiger partial charge in [0.1, 0.15) is 12.2 Å². The summed E-state index contributed by atoms with van der Waals surface area (Å²) in [4.78, 5) is 63.0. The maximum Gasteiger partial charge on any atom is 0.344 e. The van der Waals surface area contributed by atoms with Crippen LogP contribution >= 0.6 is 0 Å². The van der Waals surface area contributed by atoms with Gasteiger partial charge >= 0.3 is 29.8 Å². The zero-order valence-corrected chi connectivity index (χ0v) is 28.6. The number of rotatable bonds is 17. The van der Waals surface area contributed by atoms with Gasteiger partial charge in [-0.3, -0.25) is 4.79 Å². The summed E-state index contributed by atoms with van der Waals surface area (Å²) in [6.07, 6.45) is -6.49. The second-order valence-electron chi connectivity index (χ2n) is 13.4. The number of ether oxygens (including phenoxy) is 4. The van der Waals surface area contributed by atoms with Gasteiger partial charge in [0.05, 0.1) is 5.60 Å². The van der Waals surface area contributed by atoms with Gasteiger partial charge in [-0.05, 0) is 49.3 Å². The van der Waals surface area contributed by atoms with Crippen molar-refractivity contribution in [2.24, 2.45) is 11.8 Å². The van der Waals surface area contributed by atoms with Gasteiger partial charge in [-0.25, -0.2) is 19.2 Å². The van der Waals surface area contributed by atoms with Crippen LogP contribution in [0.1, 0.15) is 65.9 Å². The van der Waals surface area contributed by atoms with Gasteiger partial charge in [0.2, 0.25) is 23.1 Å². The van der Waals surface area contributed by atoms with E-state index in [-0.39, 0.29) is 30.3 Å². The normalized spacial score (nSPS) is 30.4. The van der Waals surface area contributed by atoms with Crippen LogP contribution in [0.5, 0.6) is 0 Å². The van der Waals surface area contributed by atoms with Crippen molar-refractivity contribution in [3.63, 3.8) is 0 Å². The third kappa shape index (κ3) is 7.92. The van der Waals surface area contributed by atoms with Crippen LogP contribution in [0.2, 0.25) is 0 Å². The lowest BCUT2D eigenvalue weighted by Gasteiger charge is -2.48. The van der Waals surface area contributed by atoms with Crippen LogP contribution in [-0.2, 0) is 49.3 Å². The minimum atomic E-state index is -3.95. The van der Waals surface area contributed by atoms with Crippen molar-refractivity contribution in [1.29, 1.82) is 0 Å². The van der Waals surface area contributed by atoms with E-state index in [1.54, 1.807) is 6.92 Å². The minimum absolute atomic E-state index is 0.0392. The fourth-order valence-electron chi connectivity index (χ4n) is 6.63. The number of aliphatic hydroxyl groups excluding tert-OH is 1. The summed E-state index contributed by atoms with van der Waals surface area (Å²) in [6, 6.07) is 9.23. The number of benzene rings is 1. The highest BCUT2D eigenvalue weighted by Gasteiger charge is 2.85.